The van der Waals surface area contributed by atoms with E-state index < -0.39 is 4.92 Å². The molecule has 2 rings (SSSR count). The molecule has 0 radical (unpaired) electrons. The van der Waals surface area contributed by atoms with Crippen LogP contribution in [0.2, 0.25) is 0 Å². The molecular weight excluding hydrogens is 312 g/mol. The van der Waals surface area contributed by atoms with Gasteiger partial charge in [0.25, 0.3) is 5.69 Å². The van der Waals surface area contributed by atoms with Gasteiger partial charge in [-0.15, -0.1) is 0 Å². The molecule has 0 spiro atoms. The normalized spacial score (nSPS) is 10.2. The van der Waals surface area contributed by atoms with Gasteiger partial charge in [-0.1, -0.05) is 0 Å². The fourth-order valence-electron chi connectivity index (χ4n) is 1.78. The molecule has 0 saturated heterocycles. The molecule has 0 atom stereocenters. The van der Waals surface area contributed by atoms with Gasteiger partial charge in [-0.25, -0.2) is 4.68 Å². The van der Waals surface area contributed by atoms with E-state index in [1.807, 2.05) is 19.9 Å². The molecule has 1 heterocycles. The van der Waals surface area contributed by atoms with Gasteiger partial charge in [-0.05, 0) is 41.9 Å². The second-order valence-electron chi connectivity index (χ2n) is 3.97. The van der Waals surface area contributed by atoms with Crippen LogP contribution in [-0.4, -0.2) is 14.7 Å². The van der Waals surface area contributed by atoms with E-state index in [4.69, 9.17) is 5.26 Å². The van der Waals surface area contributed by atoms with Crippen molar-refractivity contribution in [3.05, 3.63) is 49.7 Å². The maximum Gasteiger partial charge on any atom is 0.296 e. The van der Waals surface area contributed by atoms with Crippen molar-refractivity contribution in [2.24, 2.45) is 0 Å². The molecule has 0 unspecified atom stereocenters. The first kappa shape index (κ1) is 13.2. The van der Waals surface area contributed by atoms with Crippen LogP contribution < -0.4 is 0 Å². The first-order chi connectivity index (χ1) is 8.95. The zero-order chi connectivity index (χ0) is 14.2. The van der Waals surface area contributed by atoms with E-state index in [1.165, 1.54) is 22.9 Å². The Morgan fingerprint density at radius 2 is 2.16 bits per heavy atom. The topological polar surface area (TPSA) is 84.8 Å². The van der Waals surface area contributed by atoms with Gasteiger partial charge in [0, 0.05) is 6.07 Å². The molecule has 19 heavy (non-hydrogen) atoms. The Hall–Kier alpha value is -2.20. The van der Waals surface area contributed by atoms with Crippen molar-refractivity contribution >= 4 is 21.6 Å². The summed E-state index contributed by atoms with van der Waals surface area (Å²) in [7, 11) is 0. The highest BCUT2D eigenvalue weighted by Crippen LogP contribution is 2.28. The number of nitriles is 1. The van der Waals surface area contributed by atoms with Crippen molar-refractivity contribution in [3.8, 4) is 11.8 Å². The molecule has 0 aliphatic carbocycles. The van der Waals surface area contributed by atoms with Crippen LogP contribution in [0, 0.1) is 35.3 Å². The van der Waals surface area contributed by atoms with E-state index in [-0.39, 0.29) is 11.3 Å². The van der Waals surface area contributed by atoms with E-state index in [2.05, 4.69) is 21.0 Å². The number of hydrogen-bond acceptors (Lipinski definition) is 4. The lowest BCUT2D eigenvalue weighted by atomic mass is 10.2. The third kappa shape index (κ3) is 2.22. The second-order valence-corrected chi connectivity index (χ2v) is 4.76. The minimum absolute atomic E-state index is 0.142. The number of nitrogens with zero attached hydrogens (tertiary/aromatic N) is 4. The van der Waals surface area contributed by atoms with E-state index in [0.717, 1.165) is 15.9 Å². The highest BCUT2D eigenvalue weighted by molar-refractivity contribution is 9.10. The zero-order valence-corrected chi connectivity index (χ0v) is 11.8. The number of aryl methyl sites for hydroxylation is 1. The molecule has 7 heteroatoms. The summed E-state index contributed by atoms with van der Waals surface area (Å²) in [6, 6.07) is 6.20. The van der Waals surface area contributed by atoms with Gasteiger partial charge in [0.15, 0.2) is 0 Å². The minimum atomic E-state index is -0.513. The lowest BCUT2D eigenvalue weighted by Crippen LogP contribution is -2.04. The molecule has 0 saturated carbocycles. The predicted octanol–water partition coefficient (Wildman–Crippen LogP) is 3.03. The highest BCUT2D eigenvalue weighted by atomic mass is 79.9. The Kier molecular flexibility index (Phi) is 3.36. The Morgan fingerprint density at radius 3 is 2.63 bits per heavy atom. The summed E-state index contributed by atoms with van der Waals surface area (Å²) in [5.41, 5.74) is 1.96. The van der Waals surface area contributed by atoms with Crippen molar-refractivity contribution in [3.63, 3.8) is 0 Å². The SMILES string of the molecule is Cc1nn(-c2ccc(C#N)cc2[N+](=O)[O-])c(C)c1Br. The fraction of sp³-hybridized carbons (Fsp3) is 0.167. The standard InChI is InChI=1S/C12H9BrN4O2/c1-7-12(13)8(2)16(15-7)10-4-3-9(6-14)5-11(10)17(18)19/h3-5H,1-2H3. The molecule has 1 aromatic heterocycles. The number of aromatic nitrogens is 2. The zero-order valence-electron chi connectivity index (χ0n) is 10.2. The summed E-state index contributed by atoms with van der Waals surface area (Å²) >= 11 is 3.38. The smallest absolute Gasteiger partial charge is 0.258 e. The van der Waals surface area contributed by atoms with Gasteiger partial charge in [0.05, 0.1) is 32.4 Å². The van der Waals surface area contributed by atoms with Crippen molar-refractivity contribution in [1.29, 1.82) is 5.26 Å². The van der Waals surface area contributed by atoms with Crippen LogP contribution >= 0.6 is 15.9 Å². The van der Waals surface area contributed by atoms with E-state index in [9.17, 15) is 10.1 Å². The summed E-state index contributed by atoms with van der Waals surface area (Å²) in [6.07, 6.45) is 0. The number of benzene rings is 1. The van der Waals surface area contributed by atoms with Crippen molar-refractivity contribution in [1.82, 2.24) is 9.78 Å². The van der Waals surface area contributed by atoms with Gasteiger partial charge in [-0.2, -0.15) is 10.4 Å². The Bertz CT molecular complexity index is 715. The van der Waals surface area contributed by atoms with Crippen LogP contribution in [-0.2, 0) is 0 Å². The van der Waals surface area contributed by atoms with Gasteiger partial charge in [0.2, 0.25) is 0 Å². The first-order valence-electron chi connectivity index (χ1n) is 5.36. The van der Waals surface area contributed by atoms with Crippen molar-refractivity contribution in [2.75, 3.05) is 0 Å². The fourth-order valence-corrected chi connectivity index (χ4v) is 2.02. The van der Waals surface area contributed by atoms with Gasteiger partial charge >= 0.3 is 0 Å². The molecule has 96 valence electrons. The summed E-state index contributed by atoms with van der Waals surface area (Å²) in [5.74, 6) is 0. The molecule has 0 N–H and O–H groups in total. The van der Waals surface area contributed by atoms with E-state index >= 15 is 0 Å². The molecule has 1 aromatic carbocycles. The highest BCUT2D eigenvalue weighted by Gasteiger charge is 2.20. The Balaban J connectivity index is 2.72. The van der Waals surface area contributed by atoms with Crippen LogP contribution in [0.4, 0.5) is 5.69 Å². The lowest BCUT2D eigenvalue weighted by Gasteiger charge is -2.05. The van der Waals surface area contributed by atoms with E-state index in [0.29, 0.717) is 5.69 Å². The summed E-state index contributed by atoms with van der Waals surface area (Å²) in [4.78, 5) is 10.6. The monoisotopic (exact) mass is 320 g/mol. The lowest BCUT2D eigenvalue weighted by molar-refractivity contribution is -0.384. The Morgan fingerprint density at radius 1 is 1.47 bits per heavy atom. The maximum atomic E-state index is 11.1. The quantitative estimate of drug-likeness (QED) is 0.628. The van der Waals surface area contributed by atoms with Crippen LogP contribution in [0.15, 0.2) is 22.7 Å². The molecular formula is C12H9BrN4O2. The summed E-state index contributed by atoms with van der Waals surface area (Å²) in [5, 5.41) is 24.2. The molecule has 0 aliphatic heterocycles. The van der Waals surface area contributed by atoms with Crippen molar-refractivity contribution < 1.29 is 4.92 Å². The third-order valence-electron chi connectivity index (χ3n) is 2.73. The van der Waals surface area contributed by atoms with E-state index in [1.54, 1.807) is 0 Å². The summed E-state index contributed by atoms with van der Waals surface area (Å²) < 4.78 is 2.31. The molecule has 6 nitrogen and oxygen atoms in total. The predicted molar refractivity (Wildman–Crippen MR) is 72.1 cm³/mol. The third-order valence-corrected chi connectivity index (χ3v) is 3.88. The van der Waals surface area contributed by atoms with Crippen LogP contribution in [0.3, 0.4) is 0 Å². The van der Waals surface area contributed by atoms with Gasteiger partial charge < -0.3 is 0 Å². The van der Waals surface area contributed by atoms with Crippen LogP contribution in [0.1, 0.15) is 17.0 Å². The average molecular weight is 321 g/mol. The second kappa shape index (κ2) is 4.82. The van der Waals surface area contributed by atoms with Crippen LogP contribution in [0.25, 0.3) is 5.69 Å². The molecule has 0 aliphatic rings. The van der Waals surface area contributed by atoms with Crippen molar-refractivity contribution in [2.45, 2.75) is 13.8 Å². The maximum absolute atomic E-state index is 11.1. The summed E-state index contributed by atoms with van der Waals surface area (Å²) in [6.45, 7) is 3.62. The number of nitro groups is 1. The number of rotatable bonds is 2. The molecule has 0 amide bonds. The molecule has 0 bridgehead atoms. The first-order valence-corrected chi connectivity index (χ1v) is 6.15. The van der Waals surface area contributed by atoms with Crippen LogP contribution in [0.5, 0.6) is 0 Å². The average Bonchev–Trinajstić information content (AvgIpc) is 2.65. The molecule has 0 fully saturated rings. The van der Waals surface area contributed by atoms with Gasteiger partial charge in [-0.3, -0.25) is 10.1 Å². The minimum Gasteiger partial charge on any atom is -0.258 e. The number of nitro benzene ring substituents is 1. The Labute approximate surface area is 117 Å². The number of halogens is 1. The molecule has 2 aromatic rings. The number of hydrogen-bond donors (Lipinski definition) is 0. The largest absolute Gasteiger partial charge is 0.296 e. The van der Waals surface area contributed by atoms with Gasteiger partial charge in [0.1, 0.15) is 5.69 Å².